The number of halogens is 2. The number of nitrogens with two attached hydrogens (primary N) is 1. The third-order valence-corrected chi connectivity index (χ3v) is 4.10. The van der Waals surface area contributed by atoms with Gasteiger partial charge in [0.05, 0.1) is 15.3 Å². The highest BCUT2D eigenvalue weighted by Crippen LogP contribution is 2.32. The van der Waals surface area contributed by atoms with Crippen LogP contribution in [0.4, 0.5) is 0 Å². The van der Waals surface area contributed by atoms with E-state index in [1.54, 1.807) is 18.2 Å². The Bertz CT molecular complexity index is 404. The van der Waals surface area contributed by atoms with E-state index in [-0.39, 0.29) is 16.7 Å². The van der Waals surface area contributed by atoms with Gasteiger partial charge in [-0.3, -0.25) is 10.1 Å². The maximum absolute atomic E-state index is 10.6. The highest BCUT2D eigenvalue weighted by Gasteiger charge is 2.18. The number of rotatable bonds is 6. The van der Waals surface area contributed by atoms with Crippen LogP contribution < -0.4 is 5.73 Å². The van der Waals surface area contributed by atoms with E-state index in [2.05, 4.69) is 0 Å². The molecule has 0 heterocycles. The fraction of sp³-hybridized carbons (Fsp3) is 0.400. The Morgan fingerprint density at radius 1 is 1.41 bits per heavy atom. The molecule has 0 bridgehead atoms. The summed E-state index contributed by atoms with van der Waals surface area (Å²) >= 11 is 13.1. The lowest BCUT2D eigenvalue weighted by Crippen LogP contribution is -2.12. The van der Waals surface area contributed by atoms with Crippen molar-refractivity contribution in [3.05, 3.63) is 43.9 Å². The molecule has 1 aromatic carbocycles. The van der Waals surface area contributed by atoms with Crippen molar-refractivity contribution in [2.75, 3.05) is 18.8 Å². The smallest absolute Gasteiger partial charge is 0.219 e. The first-order valence-corrected chi connectivity index (χ1v) is 6.73. The first kappa shape index (κ1) is 14.6. The summed E-state index contributed by atoms with van der Waals surface area (Å²) in [7, 11) is 0. The normalized spacial score (nSPS) is 12.4. The molecular formula is C10H12Cl2N2O2S. The van der Waals surface area contributed by atoms with Crippen molar-refractivity contribution in [1.82, 2.24) is 0 Å². The van der Waals surface area contributed by atoms with Gasteiger partial charge in [-0.1, -0.05) is 29.3 Å². The first-order valence-electron chi connectivity index (χ1n) is 4.93. The van der Waals surface area contributed by atoms with E-state index >= 15 is 0 Å². The van der Waals surface area contributed by atoms with Gasteiger partial charge in [-0.05, 0) is 17.7 Å². The van der Waals surface area contributed by atoms with Crippen LogP contribution in [0.25, 0.3) is 0 Å². The minimum Gasteiger partial charge on any atom is -0.330 e. The predicted octanol–water partition coefficient (Wildman–Crippen LogP) is 3.00. The molecule has 0 aliphatic rings. The third kappa shape index (κ3) is 4.71. The van der Waals surface area contributed by atoms with Crippen LogP contribution in [0.5, 0.6) is 0 Å². The molecule has 0 aliphatic heterocycles. The van der Waals surface area contributed by atoms with Crippen molar-refractivity contribution in [1.29, 1.82) is 0 Å². The number of nitro groups is 1. The van der Waals surface area contributed by atoms with Crippen molar-refractivity contribution < 1.29 is 4.92 Å². The second-order valence-corrected chi connectivity index (χ2v) is 5.46. The highest BCUT2D eigenvalue weighted by molar-refractivity contribution is 7.99. The second-order valence-electron chi connectivity index (χ2n) is 3.34. The maximum Gasteiger partial charge on any atom is 0.219 e. The zero-order chi connectivity index (χ0) is 12.8. The van der Waals surface area contributed by atoms with Crippen LogP contribution >= 0.6 is 35.0 Å². The van der Waals surface area contributed by atoms with Gasteiger partial charge in [-0.25, -0.2) is 0 Å². The van der Waals surface area contributed by atoms with Crippen LogP contribution in [0.15, 0.2) is 18.2 Å². The zero-order valence-corrected chi connectivity index (χ0v) is 11.3. The largest absolute Gasteiger partial charge is 0.330 e. The Morgan fingerprint density at radius 2 is 2.12 bits per heavy atom. The van der Waals surface area contributed by atoms with Gasteiger partial charge in [0.25, 0.3) is 0 Å². The monoisotopic (exact) mass is 294 g/mol. The van der Waals surface area contributed by atoms with Gasteiger partial charge >= 0.3 is 0 Å². The molecular weight excluding hydrogens is 283 g/mol. The lowest BCUT2D eigenvalue weighted by Gasteiger charge is -2.13. The summed E-state index contributed by atoms with van der Waals surface area (Å²) in [6, 6.07) is 5.07. The summed E-state index contributed by atoms with van der Waals surface area (Å²) in [6.07, 6.45) is 0. The fourth-order valence-corrected chi connectivity index (χ4v) is 2.61. The molecule has 0 fully saturated rings. The average molecular weight is 295 g/mol. The quantitative estimate of drug-likeness (QED) is 0.647. The Hall–Kier alpha value is -0.490. The van der Waals surface area contributed by atoms with Crippen molar-refractivity contribution in [2.45, 2.75) is 5.25 Å². The molecule has 0 radical (unpaired) electrons. The van der Waals surface area contributed by atoms with Gasteiger partial charge in [0.1, 0.15) is 0 Å². The van der Waals surface area contributed by atoms with Crippen molar-refractivity contribution >= 4 is 35.0 Å². The van der Waals surface area contributed by atoms with Crippen LogP contribution in [0.2, 0.25) is 10.0 Å². The molecule has 0 spiro atoms. The molecule has 1 aromatic rings. The topological polar surface area (TPSA) is 69.2 Å². The number of hydrogen-bond acceptors (Lipinski definition) is 4. The van der Waals surface area contributed by atoms with Gasteiger partial charge < -0.3 is 5.73 Å². The second kappa shape index (κ2) is 7.06. The molecule has 0 aliphatic carbocycles. The van der Waals surface area contributed by atoms with Gasteiger partial charge in [-0.15, -0.1) is 11.8 Å². The first-order chi connectivity index (χ1) is 8.04. The van der Waals surface area contributed by atoms with Gasteiger partial charge in [0.15, 0.2) is 0 Å². The highest BCUT2D eigenvalue weighted by atomic mass is 35.5. The van der Waals surface area contributed by atoms with Gasteiger partial charge in [0.2, 0.25) is 6.54 Å². The van der Waals surface area contributed by atoms with E-state index in [0.717, 1.165) is 5.56 Å². The molecule has 1 atom stereocenters. The Labute approximate surface area is 114 Å². The zero-order valence-electron chi connectivity index (χ0n) is 8.94. The number of hydrogen-bond donors (Lipinski definition) is 1. The van der Waals surface area contributed by atoms with Crippen molar-refractivity contribution in [3.63, 3.8) is 0 Å². The van der Waals surface area contributed by atoms with Crippen LogP contribution in [0.3, 0.4) is 0 Å². The summed E-state index contributed by atoms with van der Waals surface area (Å²) in [4.78, 5) is 10.3. The molecule has 0 amide bonds. The van der Waals surface area contributed by atoms with E-state index in [4.69, 9.17) is 28.9 Å². The van der Waals surface area contributed by atoms with Crippen molar-refractivity contribution in [3.8, 4) is 0 Å². The summed E-state index contributed by atoms with van der Waals surface area (Å²) in [5, 5.41) is 11.2. The minimum absolute atomic E-state index is 0.150. The molecule has 17 heavy (non-hydrogen) atoms. The molecule has 0 saturated heterocycles. The van der Waals surface area contributed by atoms with E-state index in [0.29, 0.717) is 22.3 Å². The SMILES string of the molecule is NCCSC(C[N+](=O)[O-])c1ccc(Cl)c(Cl)c1. The molecule has 2 N–H and O–H groups in total. The standard InChI is InChI=1S/C10H12Cl2N2O2S/c11-8-2-1-7(5-9(8)12)10(6-14(15)16)17-4-3-13/h1-2,5,10H,3-4,6,13H2. The number of nitrogens with zero attached hydrogens (tertiary/aromatic N) is 1. The van der Waals surface area contributed by atoms with E-state index in [1.165, 1.54) is 11.8 Å². The van der Waals surface area contributed by atoms with Crippen molar-refractivity contribution in [2.24, 2.45) is 5.73 Å². The average Bonchev–Trinajstić information content (AvgIpc) is 2.27. The Balaban J connectivity index is 2.86. The van der Waals surface area contributed by atoms with Crippen LogP contribution in [0, 0.1) is 10.1 Å². The summed E-state index contributed by atoms with van der Waals surface area (Å²) in [6.45, 7) is 0.336. The number of benzene rings is 1. The predicted molar refractivity (Wildman–Crippen MR) is 72.6 cm³/mol. The molecule has 7 heteroatoms. The summed E-state index contributed by atoms with van der Waals surface area (Å²) in [5.74, 6) is 0.665. The van der Waals surface area contributed by atoms with E-state index in [9.17, 15) is 10.1 Å². The van der Waals surface area contributed by atoms with Gasteiger partial charge in [0, 0.05) is 17.2 Å². The molecule has 0 saturated carbocycles. The summed E-state index contributed by atoms with van der Waals surface area (Å²) in [5.41, 5.74) is 6.20. The molecule has 0 aromatic heterocycles. The third-order valence-electron chi connectivity index (χ3n) is 2.07. The van der Waals surface area contributed by atoms with Gasteiger partial charge in [-0.2, -0.15) is 0 Å². The Morgan fingerprint density at radius 3 is 2.65 bits per heavy atom. The lowest BCUT2D eigenvalue weighted by molar-refractivity contribution is -0.479. The number of thioether (sulfide) groups is 1. The van der Waals surface area contributed by atoms with Crippen LogP contribution in [-0.2, 0) is 0 Å². The molecule has 94 valence electrons. The molecule has 1 rings (SSSR count). The van der Waals surface area contributed by atoms with E-state index in [1.807, 2.05) is 0 Å². The summed E-state index contributed by atoms with van der Waals surface area (Å²) < 4.78 is 0. The maximum atomic E-state index is 10.6. The molecule has 1 unspecified atom stereocenters. The van der Waals surface area contributed by atoms with Crippen LogP contribution in [-0.4, -0.2) is 23.8 Å². The minimum atomic E-state index is -0.337. The molecule has 4 nitrogen and oxygen atoms in total. The Kier molecular flexibility index (Phi) is 6.05. The van der Waals surface area contributed by atoms with E-state index < -0.39 is 0 Å². The van der Waals surface area contributed by atoms with Crippen LogP contribution in [0.1, 0.15) is 10.8 Å². The lowest BCUT2D eigenvalue weighted by atomic mass is 10.1. The fourth-order valence-electron chi connectivity index (χ4n) is 1.31.